The topological polar surface area (TPSA) is 105 Å². The van der Waals surface area contributed by atoms with Crippen LogP contribution < -0.4 is 10.5 Å². The van der Waals surface area contributed by atoms with Gasteiger partial charge in [-0.25, -0.2) is 4.79 Å². The number of nitro groups is 1. The zero-order chi connectivity index (χ0) is 17.4. The molecule has 0 heterocycles. The molecular weight excluding hydrogens is 300 g/mol. The average Bonchev–Trinajstić information content (AvgIpc) is 2.44. The van der Waals surface area contributed by atoms with E-state index in [0.717, 1.165) is 5.57 Å². The number of non-ortho nitro benzene ring substituents is 1. The van der Waals surface area contributed by atoms with Crippen molar-refractivity contribution in [2.24, 2.45) is 5.73 Å². The highest BCUT2D eigenvalue weighted by Gasteiger charge is 2.09. The van der Waals surface area contributed by atoms with E-state index in [4.69, 9.17) is 15.2 Å². The summed E-state index contributed by atoms with van der Waals surface area (Å²) in [7, 11) is 0. The quantitative estimate of drug-likeness (QED) is 0.283. The molecule has 0 amide bonds. The lowest BCUT2D eigenvalue weighted by Crippen LogP contribution is -2.12. The number of allylic oxidation sites excluding steroid dienone is 3. The van der Waals surface area contributed by atoms with Crippen LogP contribution >= 0.6 is 0 Å². The van der Waals surface area contributed by atoms with E-state index in [-0.39, 0.29) is 18.0 Å². The molecule has 1 rings (SSSR count). The Morgan fingerprint density at radius 3 is 2.39 bits per heavy atom. The van der Waals surface area contributed by atoms with Crippen LogP contribution in [0.5, 0.6) is 5.75 Å². The second-order valence-corrected chi connectivity index (χ2v) is 4.85. The van der Waals surface area contributed by atoms with E-state index in [9.17, 15) is 14.9 Å². The Morgan fingerprint density at radius 1 is 1.30 bits per heavy atom. The van der Waals surface area contributed by atoms with Gasteiger partial charge in [-0.1, -0.05) is 18.2 Å². The summed E-state index contributed by atoms with van der Waals surface area (Å²) in [4.78, 5) is 21.6. The first-order valence-electron chi connectivity index (χ1n) is 6.67. The summed E-state index contributed by atoms with van der Waals surface area (Å²) in [5, 5.41) is 10.5. The molecule has 0 saturated heterocycles. The second kappa shape index (κ2) is 8.38. The highest BCUT2D eigenvalue weighted by molar-refractivity contribution is 5.64. The van der Waals surface area contributed by atoms with E-state index in [0.29, 0.717) is 11.3 Å². The third kappa shape index (κ3) is 6.94. The molecule has 7 heteroatoms. The van der Waals surface area contributed by atoms with Gasteiger partial charge in [-0.2, -0.15) is 0 Å². The average molecular weight is 318 g/mol. The lowest BCUT2D eigenvalue weighted by atomic mass is 10.2. The fourth-order valence-corrected chi connectivity index (χ4v) is 1.64. The maximum Gasteiger partial charge on any atom is 0.514 e. The number of ether oxygens (including phenoxy) is 2. The number of hydrogen-bond donors (Lipinski definition) is 1. The Balaban J connectivity index is 2.63. The molecule has 0 fully saturated rings. The van der Waals surface area contributed by atoms with Crippen molar-refractivity contribution >= 4 is 11.8 Å². The number of benzene rings is 1. The number of nitrogens with two attached hydrogens (primary N) is 1. The lowest BCUT2D eigenvalue weighted by Gasteiger charge is -2.07. The summed E-state index contributed by atoms with van der Waals surface area (Å²) in [6, 6.07) is 5.09. The van der Waals surface area contributed by atoms with Crippen molar-refractivity contribution in [1.82, 2.24) is 0 Å². The van der Waals surface area contributed by atoms with E-state index in [2.05, 4.69) is 6.58 Å². The molecule has 1 aromatic rings. The predicted molar refractivity (Wildman–Crippen MR) is 85.9 cm³/mol. The molecule has 0 unspecified atom stereocenters. The Kier molecular flexibility index (Phi) is 6.54. The smallest absolute Gasteiger partial charge is 0.429 e. The van der Waals surface area contributed by atoms with Crippen LogP contribution in [0, 0.1) is 10.1 Å². The fourth-order valence-electron chi connectivity index (χ4n) is 1.64. The van der Waals surface area contributed by atoms with Crippen LogP contribution in [0.15, 0.2) is 59.8 Å². The minimum absolute atomic E-state index is 0.0345. The molecule has 0 aliphatic rings. The summed E-state index contributed by atoms with van der Waals surface area (Å²) in [5.41, 5.74) is 7.51. The number of rotatable bonds is 6. The van der Waals surface area contributed by atoms with E-state index in [1.165, 1.54) is 24.3 Å². The lowest BCUT2D eigenvalue weighted by molar-refractivity contribution is -0.384. The Hall–Kier alpha value is -3.09. The van der Waals surface area contributed by atoms with Crippen LogP contribution in [0.25, 0.3) is 0 Å². The van der Waals surface area contributed by atoms with Gasteiger partial charge < -0.3 is 15.2 Å². The van der Waals surface area contributed by atoms with Crippen molar-refractivity contribution in [3.05, 3.63) is 70.0 Å². The first kappa shape index (κ1) is 18.0. The summed E-state index contributed by atoms with van der Waals surface area (Å²) in [6.45, 7) is 7.22. The number of hydrogen-bond acceptors (Lipinski definition) is 6. The Bertz CT molecular complexity index is 656. The largest absolute Gasteiger partial charge is 0.514 e. The highest BCUT2D eigenvalue weighted by atomic mass is 16.7. The summed E-state index contributed by atoms with van der Waals surface area (Å²) >= 11 is 0. The number of nitro benzene ring substituents is 1. The van der Waals surface area contributed by atoms with Crippen LogP contribution in [-0.2, 0) is 4.74 Å². The first-order valence-corrected chi connectivity index (χ1v) is 6.67. The van der Waals surface area contributed by atoms with Crippen LogP contribution in [0.4, 0.5) is 10.5 Å². The SMILES string of the molecule is C=C(C)/C=C(\C=C(\C)N)COC(=O)Oc1ccc([N+](=O)[O-])cc1. The second-order valence-electron chi connectivity index (χ2n) is 4.85. The normalized spacial score (nSPS) is 11.7. The van der Waals surface area contributed by atoms with Gasteiger partial charge in [0.25, 0.3) is 5.69 Å². The number of carbonyl (C=O) groups excluding carboxylic acids is 1. The van der Waals surface area contributed by atoms with Crippen LogP contribution in [0.2, 0.25) is 0 Å². The van der Waals surface area contributed by atoms with E-state index >= 15 is 0 Å². The molecule has 0 bridgehead atoms. The van der Waals surface area contributed by atoms with Gasteiger partial charge in [0.2, 0.25) is 0 Å². The Labute approximate surface area is 133 Å². The van der Waals surface area contributed by atoms with Crippen molar-refractivity contribution in [2.75, 3.05) is 6.61 Å². The summed E-state index contributed by atoms with van der Waals surface area (Å²) in [5.74, 6) is 0.150. The van der Waals surface area contributed by atoms with Gasteiger partial charge in [0, 0.05) is 17.8 Å². The third-order valence-corrected chi connectivity index (χ3v) is 2.45. The first-order chi connectivity index (χ1) is 10.8. The van der Waals surface area contributed by atoms with Gasteiger partial charge in [0.1, 0.15) is 12.4 Å². The van der Waals surface area contributed by atoms with Gasteiger partial charge in [-0.3, -0.25) is 10.1 Å². The van der Waals surface area contributed by atoms with Crippen molar-refractivity contribution in [2.45, 2.75) is 13.8 Å². The molecule has 0 saturated carbocycles. The molecule has 0 aliphatic heterocycles. The van der Waals surface area contributed by atoms with Crippen molar-refractivity contribution < 1.29 is 19.2 Å². The fraction of sp³-hybridized carbons (Fsp3) is 0.188. The molecule has 0 aromatic heterocycles. The van der Waals surface area contributed by atoms with Crippen LogP contribution in [0.3, 0.4) is 0 Å². The van der Waals surface area contributed by atoms with Gasteiger partial charge in [-0.05, 0) is 37.6 Å². The zero-order valence-electron chi connectivity index (χ0n) is 12.9. The monoisotopic (exact) mass is 318 g/mol. The van der Waals surface area contributed by atoms with Crippen molar-refractivity contribution in [3.8, 4) is 5.75 Å². The Morgan fingerprint density at radius 2 is 1.91 bits per heavy atom. The number of nitrogens with zero attached hydrogens (tertiary/aromatic N) is 1. The van der Waals surface area contributed by atoms with E-state index in [1.54, 1.807) is 26.0 Å². The van der Waals surface area contributed by atoms with Gasteiger partial charge in [-0.15, -0.1) is 0 Å². The molecule has 2 N–H and O–H groups in total. The molecule has 122 valence electrons. The minimum atomic E-state index is -0.922. The molecule has 1 aromatic carbocycles. The maximum atomic E-state index is 11.6. The summed E-state index contributed by atoms with van der Waals surface area (Å²) in [6.07, 6.45) is 2.47. The molecular formula is C16H18N2O5. The number of carbonyl (C=O) groups is 1. The van der Waals surface area contributed by atoms with Crippen LogP contribution in [-0.4, -0.2) is 17.7 Å². The van der Waals surface area contributed by atoms with Gasteiger partial charge in [0.15, 0.2) is 0 Å². The van der Waals surface area contributed by atoms with Gasteiger partial charge in [0.05, 0.1) is 4.92 Å². The summed E-state index contributed by atoms with van der Waals surface area (Å²) < 4.78 is 9.91. The van der Waals surface area contributed by atoms with Crippen molar-refractivity contribution in [1.29, 1.82) is 0 Å². The predicted octanol–water partition coefficient (Wildman–Crippen LogP) is 3.48. The molecule has 0 atom stereocenters. The molecule has 0 spiro atoms. The third-order valence-electron chi connectivity index (χ3n) is 2.45. The molecule has 0 aliphatic carbocycles. The zero-order valence-corrected chi connectivity index (χ0v) is 12.9. The van der Waals surface area contributed by atoms with Crippen LogP contribution in [0.1, 0.15) is 13.8 Å². The van der Waals surface area contributed by atoms with Crippen molar-refractivity contribution in [3.63, 3.8) is 0 Å². The minimum Gasteiger partial charge on any atom is -0.429 e. The van der Waals surface area contributed by atoms with Gasteiger partial charge >= 0.3 is 6.16 Å². The highest BCUT2D eigenvalue weighted by Crippen LogP contribution is 2.17. The standard InChI is InChI=1S/C16H18N2O5/c1-11(2)8-13(9-12(3)17)10-22-16(19)23-15-6-4-14(5-7-15)18(20)21/h4-9H,1,10,17H2,2-3H3/b12-9-,13-8+. The molecule has 7 nitrogen and oxygen atoms in total. The van der Waals surface area contributed by atoms with E-state index < -0.39 is 11.1 Å². The molecule has 23 heavy (non-hydrogen) atoms. The van der Waals surface area contributed by atoms with E-state index in [1.807, 2.05) is 0 Å². The molecule has 0 radical (unpaired) electrons. The maximum absolute atomic E-state index is 11.6.